The highest BCUT2D eigenvalue weighted by molar-refractivity contribution is 5.38. The predicted molar refractivity (Wildman–Crippen MR) is 87.8 cm³/mol. The van der Waals surface area contributed by atoms with Crippen molar-refractivity contribution in [2.75, 3.05) is 18.6 Å². The third-order valence-electron chi connectivity index (χ3n) is 4.58. The second-order valence-corrected chi connectivity index (χ2v) is 6.32. The number of ether oxygens (including phenoxy) is 1. The molecule has 1 aromatic heterocycles. The number of rotatable bonds is 4. The minimum Gasteiger partial charge on any atom is -0.496 e. The summed E-state index contributed by atoms with van der Waals surface area (Å²) in [5, 5.41) is 8.50. The minimum atomic E-state index is -2.59. The van der Waals surface area contributed by atoms with Gasteiger partial charge in [-0.3, -0.25) is 0 Å². The first-order valence-corrected chi connectivity index (χ1v) is 8.06. The van der Waals surface area contributed by atoms with Crippen LogP contribution in [0.2, 0.25) is 0 Å². The zero-order chi connectivity index (χ0) is 17.3. The number of nitrogens with zero attached hydrogens (tertiary/aromatic N) is 4. The van der Waals surface area contributed by atoms with Crippen LogP contribution in [0.5, 0.6) is 5.75 Å². The maximum absolute atomic E-state index is 13.5. The van der Waals surface area contributed by atoms with E-state index in [-0.39, 0.29) is 25.4 Å². The van der Waals surface area contributed by atoms with E-state index in [1.807, 2.05) is 47.7 Å². The molecule has 2 heterocycles. The molecule has 0 bridgehead atoms. The molecule has 5 nitrogen and oxygen atoms in total. The lowest BCUT2D eigenvalue weighted by Gasteiger charge is -2.37. The fourth-order valence-electron chi connectivity index (χ4n) is 3.22. The van der Waals surface area contributed by atoms with Gasteiger partial charge in [0.1, 0.15) is 11.6 Å². The molecule has 1 aliphatic rings. The van der Waals surface area contributed by atoms with E-state index in [1.54, 1.807) is 7.11 Å². The highest BCUT2D eigenvalue weighted by Crippen LogP contribution is 2.34. The largest absolute Gasteiger partial charge is 0.496 e. The van der Waals surface area contributed by atoms with Crippen molar-refractivity contribution < 1.29 is 13.5 Å². The van der Waals surface area contributed by atoms with Crippen LogP contribution < -0.4 is 9.64 Å². The summed E-state index contributed by atoms with van der Waals surface area (Å²) >= 11 is 0. The average Bonchev–Trinajstić information content (AvgIpc) is 2.88. The summed E-state index contributed by atoms with van der Waals surface area (Å²) in [5.41, 5.74) is 1.01. The van der Waals surface area contributed by atoms with Crippen molar-refractivity contribution in [2.24, 2.45) is 7.05 Å². The molecule has 7 heteroatoms. The van der Waals surface area contributed by atoms with Gasteiger partial charge in [0.15, 0.2) is 0 Å². The molecular formula is C17H22F2N4O. The molecule has 0 N–H and O–H groups in total. The summed E-state index contributed by atoms with van der Waals surface area (Å²) in [7, 11) is 3.51. The van der Waals surface area contributed by atoms with E-state index < -0.39 is 5.92 Å². The smallest absolute Gasteiger partial charge is 0.251 e. The van der Waals surface area contributed by atoms with E-state index in [2.05, 4.69) is 10.2 Å². The van der Waals surface area contributed by atoms with E-state index in [1.165, 1.54) is 0 Å². The molecule has 0 aliphatic carbocycles. The van der Waals surface area contributed by atoms with Crippen molar-refractivity contribution in [3.8, 4) is 5.75 Å². The van der Waals surface area contributed by atoms with E-state index >= 15 is 0 Å². The van der Waals surface area contributed by atoms with Gasteiger partial charge in [-0.15, -0.1) is 10.2 Å². The number of hydrogen-bond donors (Lipinski definition) is 0. The number of para-hydroxylation sites is 1. The molecule has 3 rings (SSSR count). The highest BCUT2D eigenvalue weighted by atomic mass is 19.3. The first-order valence-electron chi connectivity index (χ1n) is 8.06. The molecule has 1 unspecified atom stereocenters. The summed E-state index contributed by atoms with van der Waals surface area (Å²) in [6, 6.07) is 7.48. The summed E-state index contributed by atoms with van der Waals surface area (Å²) in [6.45, 7) is 2.09. The third kappa shape index (κ3) is 3.20. The van der Waals surface area contributed by atoms with Crippen LogP contribution in [-0.2, 0) is 13.5 Å². The van der Waals surface area contributed by atoms with Gasteiger partial charge in [-0.2, -0.15) is 0 Å². The Morgan fingerprint density at radius 2 is 2.04 bits per heavy atom. The van der Waals surface area contributed by atoms with Crippen molar-refractivity contribution in [1.29, 1.82) is 0 Å². The quantitative estimate of drug-likeness (QED) is 0.861. The number of methoxy groups -OCH3 is 1. The van der Waals surface area contributed by atoms with Gasteiger partial charge in [-0.05, 0) is 13.0 Å². The van der Waals surface area contributed by atoms with Gasteiger partial charge < -0.3 is 14.2 Å². The zero-order valence-electron chi connectivity index (χ0n) is 14.2. The molecule has 0 spiro atoms. The van der Waals surface area contributed by atoms with Crippen LogP contribution in [0.1, 0.15) is 31.2 Å². The van der Waals surface area contributed by atoms with Crippen molar-refractivity contribution in [3.05, 3.63) is 35.7 Å². The van der Waals surface area contributed by atoms with E-state index in [9.17, 15) is 8.78 Å². The van der Waals surface area contributed by atoms with Crippen molar-refractivity contribution in [3.63, 3.8) is 0 Å². The average molecular weight is 336 g/mol. The molecule has 0 radical (unpaired) electrons. The Hall–Kier alpha value is -2.18. The maximum Gasteiger partial charge on any atom is 0.251 e. The number of alkyl halides is 2. The highest BCUT2D eigenvalue weighted by Gasteiger charge is 2.39. The number of aromatic nitrogens is 3. The molecule has 0 saturated carbocycles. The van der Waals surface area contributed by atoms with Gasteiger partial charge in [0.2, 0.25) is 5.95 Å². The Labute approximate surface area is 140 Å². The molecule has 1 saturated heterocycles. The Kier molecular flexibility index (Phi) is 4.43. The molecule has 0 amide bonds. The van der Waals surface area contributed by atoms with E-state index in [0.29, 0.717) is 12.4 Å². The number of hydrogen-bond acceptors (Lipinski definition) is 4. The fraction of sp³-hybridized carbons (Fsp3) is 0.529. The first-order chi connectivity index (χ1) is 11.4. The SMILES string of the molecule is COc1ccccc1Cc1nnc(N2CCC(F)(F)CC2C)n1C. The molecule has 1 aromatic carbocycles. The van der Waals surface area contributed by atoms with Crippen molar-refractivity contribution in [1.82, 2.24) is 14.8 Å². The second-order valence-electron chi connectivity index (χ2n) is 6.32. The standard InChI is InChI=1S/C17H22F2N4O/c1-12-11-17(18,19)8-9-23(12)16-21-20-15(22(16)2)10-13-6-4-5-7-14(13)24-3/h4-7,12H,8-11H2,1-3H3. The van der Waals surface area contributed by atoms with Crippen LogP contribution in [0.15, 0.2) is 24.3 Å². The van der Waals surface area contributed by atoms with Crippen LogP contribution in [-0.4, -0.2) is 40.4 Å². The molecule has 1 aliphatic heterocycles. The van der Waals surface area contributed by atoms with Gasteiger partial charge in [-0.1, -0.05) is 18.2 Å². The van der Waals surface area contributed by atoms with Gasteiger partial charge in [-0.25, -0.2) is 8.78 Å². The summed E-state index contributed by atoms with van der Waals surface area (Å²) < 4.78 is 34.3. The van der Waals surface area contributed by atoms with E-state index in [4.69, 9.17) is 4.74 Å². The maximum atomic E-state index is 13.5. The third-order valence-corrected chi connectivity index (χ3v) is 4.58. The number of piperidine rings is 1. The normalized spacial score (nSPS) is 20.2. The minimum absolute atomic E-state index is 0.147. The molecule has 24 heavy (non-hydrogen) atoms. The van der Waals surface area contributed by atoms with Gasteiger partial charge in [0, 0.05) is 44.5 Å². The van der Waals surface area contributed by atoms with Crippen molar-refractivity contribution in [2.45, 2.75) is 38.2 Å². The first kappa shape index (κ1) is 16.7. The van der Waals surface area contributed by atoms with Crippen LogP contribution in [0.3, 0.4) is 0 Å². The predicted octanol–water partition coefficient (Wildman–Crippen LogP) is 3.04. The number of halogens is 2. The van der Waals surface area contributed by atoms with Crippen LogP contribution >= 0.6 is 0 Å². The summed E-state index contributed by atoms with van der Waals surface area (Å²) in [6.07, 6.45) is 0.277. The number of benzene rings is 1. The topological polar surface area (TPSA) is 43.2 Å². The van der Waals surface area contributed by atoms with Crippen LogP contribution in [0, 0.1) is 0 Å². The van der Waals surface area contributed by atoms with Gasteiger partial charge in [0.05, 0.1) is 7.11 Å². The molecular weight excluding hydrogens is 314 g/mol. The molecule has 1 atom stereocenters. The molecule has 130 valence electrons. The van der Waals surface area contributed by atoms with Crippen LogP contribution in [0.4, 0.5) is 14.7 Å². The summed E-state index contributed by atoms with van der Waals surface area (Å²) in [4.78, 5) is 1.91. The lowest BCUT2D eigenvalue weighted by molar-refractivity contribution is -0.0322. The zero-order valence-corrected chi connectivity index (χ0v) is 14.2. The van der Waals surface area contributed by atoms with Crippen LogP contribution in [0.25, 0.3) is 0 Å². The van der Waals surface area contributed by atoms with Gasteiger partial charge >= 0.3 is 0 Å². The summed E-state index contributed by atoms with van der Waals surface area (Å²) in [5.74, 6) is -0.371. The van der Waals surface area contributed by atoms with E-state index in [0.717, 1.165) is 17.1 Å². The monoisotopic (exact) mass is 336 g/mol. The van der Waals surface area contributed by atoms with Crippen molar-refractivity contribution >= 4 is 5.95 Å². The Morgan fingerprint density at radius 3 is 2.75 bits per heavy atom. The molecule has 1 fully saturated rings. The lowest BCUT2D eigenvalue weighted by Crippen LogP contribution is -2.46. The number of anilines is 1. The van der Waals surface area contributed by atoms with Gasteiger partial charge in [0.25, 0.3) is 5.92 Å². The fourth-order valence-corrected chi connectivity index (χ4v) is 3.22. The Balaban J connectivity index is 1.82. The lowest BCUT2D eigenvalue weighted by atomic mass is 10.0. The molecule has 2 aromatic rings. The Bertz CT molecular complexity index is 716. The Morgan fingerprint density at radius 1 is 1.29 bits per heavy atom. The second kappa shape index (κ2) is 6.37.